The van der Waals surface area contributed by atoms with Gasteiger partial charge in [0.05, 0.1) is 25.9 Å². The summed E-state index contributed by atoms with van der Waals surface area (Å²) in [5, 5.41) is 0. The van der Waals surface area contributed by atoms with E-state index in [-0.39, 0.29) is 17.9 Å². The van der Waals surface area contributed by atoms with Gasteiger partial charge in [-0.05, 0) is 12.3 Å². The normalized spacial score (nSPS) is 21.4. The van der Waals surface area contributed by atoms with E-state index in [0.29, 0.717) is 23.4 Å². The molecule has 104 valence electrons. The Morgan fingerprint density at radius 3 is 3.10 bits per heavy atom. The van der Waals surface area contributed by atoms with E-state index in [1.54, 1.807) is 6.33 Å². The number of anilines is 1. The van der Waals surface area contributed by atoms with Crippen molar-refractivity contribution in [3.8, 4) is 0 Å². The van der Waals surface area contributed by atoms with Crippen molar-refractivity contribution in [3.63, 3.8) is 0 Å². The molecule has 0 aliphatic heterocycles. The van der Waals surface area contributed by atoms with Crippen LogP contribution in [-0.4, -0.2) is 32.6 Å². The van der Waals surface area contributed by atoms with Crippen LogP contribution in [0.4, 0.5) is 5.82 Å². The third-order valence-electron chi connectivity index (χ3n) is 3.55. The second-order valence-electron chi connectivity index (χ2n) is 4.81. The minimum absolute atomic E-state index is 0.129. The molecule has 2 unspecified atom stereocenters. The number of carbonyl (C=O) groups is 1. The maximum atomic E-state index is 11.3. The highest BCUT2D eigenvalue weighted by Gasteiger charge is 2.24. The first-order chi connectivity index (χ1) is 9.69. The Labute approximate surface area is 115 Å². The van der Waals surface area contributed by atoms with E-state index >= 15 is 0 Å². The standard InChI is InChI=1S/C13H15N5O2/c1-20-10(19)5-8-2-3-9(4-8)18-7-17-11-12(14)15-6-16-13(11)18/h2-3,6-9H,4-5H2,1H3,(H2,14,15,16). The van der Waals surface area contributed by atoms with Gasteiger partial charge in [-0.2, -0.15) is 0 Å². The number of hydrogen-bond donors (Lipinski definition) is 1. The van der Waals surface area contributed by atoms with Crippen molar-refractivity contribution >= 4 is 23.0 Å². The minimum Gasteiger partial charge on any atom is -0.469 e. The first-order valence-corrected chi connectivity index (χ1v) is 6.37. The summed E-state index contributed by atoms with van der Waals surface area (Å²) in [7, 11) is 1.40. The summed E-state index contributed by atoms with van der Waals surface area (Å²) in [5.74, 6) is 0.369. The van der Waals surface area contributed by atoms with Crippen LogP contribution in [0, 0.1) is 5.92 Å². The Morgan fingerprint density at radius 1 is 1.45 bits per heavy atom. The molecule has 7 heteroatoms. The van der Waals surface area contributed by atoms with E-state index in [1.807, 2.05) is 10.6 Å². The number of esters is 1. The number of nitrogens with zero attached hydrogens (tertiary/aromatic N) is 4. The number of methoxy groups -OCH3 is 1. The van der Waals surface area contributed by atoms with Crippen LogP contribution < -0.4 is 5.73 Å². The Balaban J connectivity index is 1.82. The van der Waals surface area contributed by atoms with Gasteiger partial charge in [0, 0.05) is 0 Å². The van der Waals surface area contributed by atoms with E-state index in [2.05, 4.69) is 21.0 Å². The lowest BCUT2D eigenvalue weighted by atomic mass is 10.0. The fraction of sp³-hybridized carbons (Fsp3) is 0.385. The molecule has 7 nitrogen and oxygen atoms in total. The fourth-order valence-electron chi connectivity index (χ4n) is 2.52. The lowest BCUT2D eigenvalue weighted by Crippen LogP contribution is -2.10. The summed E-state index contributed by atoms with van der Waals surface area (Å²) in [6.07, 6.45) is 8.47. The van der Waals surface area contributed by atoms with Gasteiger partial charge < -0.3 is 15.0 Å². The number of rotatable bonds is 3. The van der Waals surface area contributed by atoms with Crippen molar-refractivity contribution in [1.29, 1.82) is 0 Å². The van der Waals surface area contributed by atoms with Crippen molar-refractivity contribution in [2.75, 3.05) is 12.8 Å². The van der Waals surface area contributed by atoms with E-state index in [1.165, 1.54) is 13.4 Å². The molecule has 1 aliphatic rings. The number of allylic oxidation sites excluding steroid dienone is 2. The highest BCUT2D eigenvalue weighted by molar-refractivity contribution is 5.81. The van der Waals surface area contributed by atoms with Gasteiger partial charge in [0.2, 0.25) is 0 Å². The maximum absolute atomic E-state index is 11.3. The Morgan fingerprint density at radius 2 is 2.30 bits per heavy atom. The number of fused-ring (bicyclic) bond motifs is 1. The van der Waals surface area contributed by atoms with Crippen molar-refractivity contribution in [2.24, 2.45) is 5.92 Å². The molecule has 0 aromatic carbocycles. The quantitative estimate of drug-likeness (QED) is 0.664. The van der Waals surface area contributed by atoms with E-state index in [4.69, 9.17) is 10.5 Å². The van der Waals surface area contributed by atoms with Crippen LogP contribution in [-0.2, 0) is 9.53 Å². The summed E-state index contributed by atoms with van der Waals surface area (Å²) < 4.78 is 6.65. The number of ether oxygens (including phenoxy) is 1. The molecule has 0 amide bonds. The zero-order valence-electron chi connectivity index (χ0n) is 11.1. The molecule has 0 bridgehead atoms. The molecular formula is C13H15N5O2. The predicted octanol–water partition coefficient (Wildman–Crippen LogP) is 1.09. The van der Waals surface area contributed by atoms with Crippen LogP contribution in [0.15, 0.2) is 24.8 Å². The SMILES string of the molecule is COC(=O)CC1C=CC(n2cnc3c(N)ncnc32)C1. The first-order valence-electron chi connectivity index (χ1n) is 6.37. The van der Waals surface area contributed by atoms with Gasteiger partial charge in [-0.15, -0.1) is 0 Å². The van der Waals surface area contributed by atoms with Gasteiger partial charge in [-0.25, -0.2) is 15.0 Å². The van der Waals surface area contributed by atoms with Crippen LogP contribution in [0.1, 0.15) is 18.9 Å². The topological polar surface area (TPSA) is 95.9 Å². The van der Waals surface area contributed by atoms with Crippen LogP contribution in [0.3, 0.4) is 0 Å². The molecule has 2 N–H and O–H groups in total. The summed E-state index contributed by atoms with van der Waals surface area (Å²) in [6.45, 7) is 0. The average Bonchev–Trinajstić information content (AvgIpc) is 3.05. The number of carbonyl (C=O) groups excluding carboxylic acids is 1. The Kier molecular flexibility index (Phi) is 3.09. The monoisotopic (exact) mass is 273 g/mol. The van der Waals surface area contributed by atoms with Crippen molar-refractivity contribution in [2.45, 2.75) is 18.9 Å². The molecule has 2 atom stereocenters. The second-order valence-corrected chi connectivity index (χ2v) is 4.81. The molecule has 0 fully saturated rings. The van der Waals surface area contributed by atoms with E-state index < -0.39 is 0 Å². The molecule has 0 saturated heterocycles. The molecule has 2 aromatic rings. The third-order valence-corrected chi connectivity index (χ3v) is 3.55. The Hall–Kier alpha value is -2.44. The largest absolute Gasteiger partial charge is 0.469 e. The molecule has 0 radical (unpaired) electrons. The van der Waals surface area contributed by atoms with Crippen LogP contribution >= 0.6 is 0 Å². The van der Waals surface area contributed by atoms with Gasteiger partial charge in [-0.3, -0.25) is 4.79 Å². The number of imidazole rings is 1. The molecule has 20 heavy (non-hydrogen) atoms. The number of nitrogens with two attached hydrogens (primary N) is 1. The van der Waals surface area contributed by atoms with Crippen molar-refractivity contribution in [3.05, 3.63) is 24.8 Å². The average molecular weight is 273 g/mol. The summed E-state index contributed by atoms with van der Waals surface area (Å²) in [4.78, 5) is 23.7. The van der Waals surface area contributed by atoms with E-state index in [0.717, 1.165) is 6.42 Å². The molecule has 1 aliphatic carbocycles. The van der Waals surface area contributed by atoms with Crippen molar-refractivity contribution in [1.82, 2.24) is 19.5 Å². The van der Waals surface area contributed by atoms with Gasteiger partial charge in [-0.1, -0.05) is 12.2 Å². The van der Waals surface area contributed by atoms with Crippen molar-refractivity contribution < 1.29 is 9.53 Å². The Bertz CT molecular complexity index is 678. The van der Waals surface area contributed by atoms with Crippen LogP contribution in [0.25, 0.3) is 11.2 Å². The summed E-state index contributed by atoms with van der Waals surface area (Å²) in [6, 6.07) is 0.129. The zero-order valence-corrected chi connectivity index (χ0v) is 11.1. The summed E-state index contributed by atoms with van der Waals surface area (Å²) >= 11 is 0. The highest BCUT2D eigenvalue weighted by Crippen LogP contribution is 2.32. The first kappa shape index (κ1) is 12.6. The van der Waals surface area contributed by atoms with Crippen LogP contribution in [0.5, 0.6) is 0 Å². The second kappa shape index (κ2) is 4.92. The lowest BCUT2D eigenvalue weighted by molar-refractivity contribution is -0.141. The van der Waals surface area contributed by atoms with Crippen LogP contribution in [0.2, 0.25) is 0 Å². The van der Waals surface area contributed by atoms with E-state index in [9.17, 15) is 4.79 Å². The maximum Gasteiger partial charge on any atom is 0.306 e. The number of aromatic nitrogens is 4. The zero-order chi connectivity index (χ0) is 14.1. The number of hydrogen-bond acceptors (Lipinski definition) is 6. The lowest BCUT2D eigenvalue weighted by Gasteiger charge is -2.13. The van der Waals surface area contributed by atoms with Gasteiger partial charge in [0.1, 0.15) is 11.8 Å². The number of nitrogen functional groups attached to an aromatic ring is 1. The van der Waals surface area contributed by atoms with Gasteiger partial charge in [0.15, 0.2) is 11.5 Å². The molecule has 3 rings (SSSR count). The third kappa shape index (κ3) is 2.11. The van der Waals surface area contributed by atoms with Gasteiger partial charge >= 0.3 is 5.97 Å². The highest BCUT2D eigenvalue weighted by atomic mass is 16.5. The summed E-state index contributed by atoms with van der Waals surface area (Å²) in [5.41, 5.74) is 7.10. The smallest absolute Gasteiger partial charge is 0.306 e. The molecule has 2 aromatic heterocycles. The van der Waals surface area contributed by atoms with Gasteiger partial charge in [0.25, 0.3) is 0 Å². The molecular weight excluding hydrogens is 258 g/mol. The molecule has 0 saturated carbocycles. The predicted molar refractivity (Wildman–Crippen MR) is 72.7 cm³/mol. The molecule has 0 spiro atoms. The fourth-order valence-corrected chi connectivity index (χ4v) is 2.52. The molecule has 2 heterocycles. The minimum atomic E-state index is -0.192.